The zero-order valence-corrected chi connectivity index (χ0v) is 7.47. The van der Waals surface area contributed by atoms with Crippen molar-refractivity contribution in [1.82, 2.24) is 0 Å². The smallest absolute Gasteiger partial charge is 0.00506 e. The van der Waals surface area contributed by atoms with Crippen LogP contribution in [-0.2, 0) is 24.9 Å². The Morgan fingerprint density at radius 1 is 1.00 bits per heavy atom. The van der Waals surface area contributed by atoms with Crippen LogP contribution < -0.4 is 0 Å². The molecule has 0 saturated heterocycles. The first-order chi connectivity index (χ1) is 5.91. The first-order valence-electron chi connectivity index (χ1n) is 2.62. The van der Waals surface area contributed by atoms with E-state index in [0.29, 0.717) is 0 Å². The van der Waals surface area contributed by atoms with E-state index in [4.69, 9.17) is 9.30 Å². The average molecular weight is 202 g/mol. The first kappa shape index (κ1) is 17.3. The largest absolute Gasteiger partial charge is 0.0767 e. The maximum atomic E-state index is 7.50. The summed E-state index contributed by atoms with van der Waals surface area (Å²) in [7, 11) is 0. The van der Waals surface area contributed by atoms with Crippen molar-refractivity contribution in [2.45, 2.75) is 0 Å². The van der Waals surface area contributed by atoms with Gasteiger partial charge in [-0.3, -0.25) is 0 Å². The van der Waals surface area contributed by atoms with Gasteiger partial charge in [0, 0.05) is 6.42 Å². The van der Waals surface area contributed by atoms with E-state index in [2.05, 4.69) is 40.0 Å². The summed E-state index contributed by atoms with van der Waals surface area (Å²) in [5, 5.41) is 0. The summed E-state index contributed by atoms with van der Waals surface area (Å²) in [5.41, 5.74) is 0. The van der Waals surface area contributed by atoms with Crippen molar-refractivity contribution >= 4 is 4.58 Å². The summed E-state index contributed by atoms with van der Waals surface area (Å²) in [4.78, 5) is 0. The molecule has 1 rings (SSSR count). The predicted molar refractivity (Wildman–Crippen MR) is 41.1 cm³/mol. The molecule has 12 heavy (non-hydrogen) atoms. The van der Waals surface area contributed by atoms with Crippen LogP contribution in [0.4, 0.5) is 0 Å². The molecule has 0 heterocycles. The Balaban J connectivity index is -0.000000102. The van der Waals surface area contributed by atoms with E-state index >= 15 is 0 Å². The molecule has 1 aliphatic rings. The number of rotatable bonds is 0. The fourth-order valence-corrected chi connectivity index (χ4v) is 0.321. The summed E-state index contributed by atoms with van der Waals surface area (Å²) in [6.07, 6.45) is 10.0. The molecule has 0 aromatic heterocycles. The molecule has 1 aliphatic carbocycles. The Kier molecular flexibility index (Phi) is 46.2. The van der Waals surface area contributed by atoms with Gasteiger partial charge in [-0.2, -0.15) is 0 Å². The van der Waals surface area contributed by atoms with Gasteiger partial charge in [0.1, 0.15) is 0 Å². The predicted octanol–water partition coefficient (Wildman–Crippen LogP) is 1.36. The van der Waals surface area contributed by atoms with Gasteiger partial charge in [0.25, 0.3) is 0 Å². The van der Waals surface area contributed by atoms with Gasteiger partial charge >= 0.3 is 49.3 Å². The van der Waals surface area contributed by atoms with E-state index in [1.807, 2.05) is 30.7 Å². The second-order valence-corrected chi connectivity index (χ2v) is 1.51. The third kappa shape index (κ3) is 35.4. The van der Waals surface area contributed by atoms with Gasteiger partial charge < -0.3 is 0 Å². The van der Waals surface area contributed by atoms with E-state index in [9.17, 15) is 0 Å². The van der Waals surface area contributed by atoms with Gasteiger partial charge in [-0.15, -0.1) is 0 Å². The second-order valence-electron chi connectivity index (χ2n) is 1.10. The van der Waals surface area contributed by atoms with Gasteiger partial charge in [0.2, 0.25) is 0 Å². The Bertz CT molecular complexity index is 177. The Hall–Kier alpha value is -0.871. The molecule has 0 fully saturated rings. The standard InChI is InChI=1S/C5H5.C2H2.2CO.Mn/c1-2-4-5-3-1;3*1-2;/h1-5H;1H2;;;. The van der Waals surface area contributed by atoms with Crippen LogP contribution in [0.3, 0.4) is 0 Å². The van der Waals surface area contributed by atoms with Gasteiger partial charge in [0.15, 0.2) is 0 Å². The van der Waals surface area contributed by atoms with Gasteiger partial charge in [-0.25, -0.2) is 0 Å². The average Bonchev–Trinajstić information content (AvgIpc) is 2.69. The molecule has 0 spiro atoms. The number of allylic oxidation sites excluding steroid dienone is 4. The summed E-state index contributed by atoms with van der Waals surface area (Å²) in [6, 6.07) is 0. The minimum absolute atomic E-state index is 2.00. The number of hydrogen-bond donors (Lipinski definition) is 0. The molecule has 1 radical (unpaired) electrons. The van der Waals surface area contributed by atoms with Crippen molar-refractivity contribution in [3.8, 4) is 0 Å². The molecule has 0 saturated carbocycles. The molecule has 62 valence electrons. The number of hydrogen-bond acceptors (Lipinski definition) is 0. The summed E-state index contributed by atoms with van der Waals surface area (Å²) >= 11 is 2.78. The van der Waals surface area contributed by atoms with E-state index < -0.39 is 0 Å². The molecule has 0 N–H and O–H groups in total. The molecular weight excluding hydrogens is 195 g/mol. The van der Waals surface area contributed by atoms with E-state index in [1.165, 1.54) is 0 Å². The molecule has 0 aromatic rings. The van der Waals surface area contributed by atoms with Gasteiger partial charge in [0.05, 0.1) is 0 Å². The third-order valence-corrected chi connectivity index (χ3v) is 0.556. The second kappa shape index (κ2) is 32.1. The molecule has 0 unspecified atom stereocenters. The minimum Gasteiger partial charge on any atom is -0.0767 e. The normalized spacial score (nSPS) is 8.33. The quantitative estimate of drug-likeness (QED) is 0.323. The summed E-state index contributed by atoms with van der Waals surface area (Å²) in [6.45, 7) is 12.2. The molecule has 0 atom stereocenters. The van der Waals surface area contributed by atoms with Crippen LogP contribution in [0.5, 0.6) is 0 Å². The van der Waals surface area contributed by atoms with Crippen LogP contribution in [-0.4, -0.2) is 4.58 Å². The van der Waals surface area contributed by atoms with E-state index in [1.54, 1.807) is 0 Å². The van der Waals surface area contributed by atoms with Crippen LogP contribution in [0.1, 0.15) is 0 Å². The van der Waals surface area contributed by atoms with Crippen LogP contribution >= 0.6 is 0 Å². The summed E-state index contributed by atoms with van der Waals surface area (Å²) < 4.78 is 17.3. The van der Waals surface area contributed by atoms with Crippen LogP contribution in [0.15, 0.2) is 30.9 Å². The fraction of sp³-hybridized carbons (Fsp3) is 0. The van der Waals surface area contributed by atoms with Crippen molar-refractivity contribution in [3.05, 3.63) is 50.6 Å². The summed E-state index contributed by atoms with van der Waals surface area (Å²) in [5.74, 6) is 0. The van der Waals surface area contributed by atoms with E-state index in [-0.39, 0.29) is 0 Å². The molecule has 0 aliphatic heterocycles. The zero-order valence-electron chi connectivity index (χ0n) is 6.29. The van der Waals surface area contributed by atoms with E-state index in [0.717, 1.165) is 0 Å². The molecule has 0 bridgehead atoms. The van der Waals surface area contributed by atoms with Crippen molar-refractivity contribution < 1.29 is 24.9 Å². The molecule has 2 nitrogen and oxygen atoms in total. The minimum atomic E-state index is 2.00. The van der Waals surface area contributed by atoms with Gasteiger partial charge in [-0.1, -0.05) is 24.3 Å². The maximum absolute atomic E-state index is 7.50. The first-order valence-corrected chi connectivity index (χ1v) is 3.21. The van der Waals surface area contributed by atoms with Crippen molar-refractivity contribution in [3.63, 3.8) is 0 Å². The third-order valence-electron chi connectivity index (χ3n) is 0.556. The van der Waals surface area contributed by atoms with Crippen molar-refractivity contribution in [1.29, 1.82) is 0 Å². The van der Waals surface area contributed by atoms with Gasteiger partial charge in [-0.05, 0) is 0 Å². The SMILES string of the molecule is C=[C]=[Mn].[C-]#[O+].[C-]#[O+].[CH]1C=CC=C1. The monoisotopic (exact) mass is 202 g/mol. The van der Waals surface area contributed by atoms with Crippen LogP contribution in [0, 0.1) is 19.7 Å². The fourth-order valence-electron chi connectivity index (χ4n) is 0.321. The maximum Gasteiger partial charge on any atom is 0.00506 e. The zero-order chi connectivity index (χ0) is 10.2. The van der Waals surface area contributed by atoms with Crippen LogP contribution in [0.2, 0.25) is 0 Å². The molecule has 3 heteroatoms. The Morgan fingerprint density at radius 2 is 1.25 bits per heavy atom. The molecule has 0 amide bonds. The van der Waals surface area contributed by atoms with Crippen molar-refractivity contribution in [2.24, 2.45) is 0 Å². The van der Waals surface area contributed by atoms with Crippen molar-refractivity contribution in [2.75, 3.05) is 0 Å². The Morgan fingerprint density at radius 3 is 1.33 bits per heavy atom. The Labute approximate surface area is 80.5 Å². The topological polar surface area (TPSA) is 39.8 Å². The molecular formula is C9H7MnO2. The molecule has 0 aromatic carbocycles. The van der Waals surface area contributed by atoms with Crippen LogP contribution in [0.25, 0.3) is 0 Å².